The van der Waals surface area contributed by atoms with Crippen LogP contribution in [0.2, 0.25) is 0 Å². The molecule has 2 aromatic rings. The molecule has 1 amide bonds. The van der Waals surface area contributed by atoms with E-state index in [9.17, 15) is 4.79 Å². The molecule has 0 radical (unpaired) electrons. The van der Waals surface area contributed by atoms with Crippen molar-refractivity contribution in [2.75, 3.05) is 18.9 Å². The molecule has 1 atom stereocenters. The molecule has 0 saturated heterocycles. The topological polar surface area (TPSA) is 69.8 Å². The number of imidazole rings is 1. The second-order valence-corrected chi connectivity index (χ2v) is 5.93. The molecule has 7 heteroatoms. The van der Waals surface area contributed by atoms with Crippen LogP contribution in [-0.2, 0) is 4.79 Å². The molecular weight excluding hydrogens is 335 g/mol. The molecule has 0 aliphatic heterocycles. The fourth-order valence-electron chi connectivity index (χ4n) is 2.65. The SMILES string of the molecule is CNCC(C)C(=O)Nc1ccc2nc(C3CCC3)[nH]c2c1.Cl.Cl. The molecule has 0 bridgehead atoms. The first kappa shape index (κ1) is 19.7. The molecular formula is C16H24Cl2N4O. The summed E-state index contributed by atoms with van der Waals surface area (Å²) in [7, 11) is 1.85. The molecule has 1 aliphatic rings. The van der Waals surface area contributed by atoms with E-state index in [1.165, 1.54) is 19.3 Å². The Morgan fingerprint density at radius 1 is 1.39 bits per heavy atom. The van der Waals surface area contributed by atoms with E-state index in [0.717, 1.165) is 22.5 Å². The predicted molar refractivity (Wildman–Crippen MR) is 98.9 cm³/mol. The number of carbonyl (C=O) groups excluding carboxylic acids is 1. The number of aromatic amines is 1. The smallest absolute Gasteiger partial charge is 0.228 e. The van der Waals surface area contributed by atoms with Gasteiger partial charge in [0.05, 0.1) is 11.0 Å². The molecule has 1 fully saturated rings. The number of amides is 1. The van der Waals surface area contributed by atoms with E-state index in [2.05, 4.69) is 20.6 Å². The average molecular weight is 359 g/mol. The largest absolute Gasteiger partial charge is 0.342 e. The van der Waals surface area contributed by atoms with Gasteiger partial charge in [-0.1, -0.05) is 13.3 Å². The summed E-state index contributed by atoms with van der Waals surface area (Å²) in [5.41, 5.74) is 2.79. The Morgan fingerprint density at radius 3 is 2.74 bits per heavy atom. The van der Waals surface area contributed by atoms with Crippen molar-refractivity contribution in [2.45, 2.75) is 32.1 Å². The Labute approximate surface area is 148 Å². The van der Waals surface area contributed by atoms with Crippen LogP contribution in [0.3, 0.4) is 0 Å². The van der Waals surface area contributed by atoms with E-state index in [1.54, 1.807) is 0 Å². The van der Waals surface area contributed by atoms with Gasteiger partial charge in [0.1, 0.15) is 5.82 Å². The maximum Gasteiger partial charge on any atom is 0.228 e. The van der Waals surface area contributed by atoms with Crippen LogP contribution in [0.25, 0.3) is 11.0 Å². The van der Waals surface area contributed by atoms with Crippen LogP contribution in [0.15, 0.2) is 18.2 Å². The minimum atomic E-state index is -0.0574. The van der Waals surface area contributed by atoms with Crippen molar-refractivity contribution in [1.82, 2.24) is 15.3 Å². The maximum atomic E-state index is 12.0. The molecule has 1 heterocycles. The molecule has 1 unspecified atom stereocenters. The van der Waals surface area contributed by atoms with Crippen LogP contribution in [0.4, 0.5) is 5.69 Å². The number of H-pyrrole nitrogens is 1. The Balaban J connectivity index is 0.00000132. The van der Waals surface area contributed by atoms with Gasteiger partial charge >= 0.3 is 0 Å². The van der Waals surface area contributed by atoms with Crippen molar-refractivity contribution in [3.05, 3.63) is 24.0 Å². The standard InChI is InChI=1S/C16H22N4O.2ClH/c1-10(9-17-2)16(21)18-12-6-7-13-14(8-12)20-15(19-13)11-4-3-5-11;;/h6-8,10-11,17H,3-5,9H2,1-2H3,(H,18,21)(H,19,20);2*1H. The van der Waals surface area contributed by atoms with Crippen LogP contribution in [0, 0.1) is 5.92 Å². The van der Waals surface area contributed by atoms with E-state index in [-0.39, 0.29) is 36.6 Å². The molecule has 1 saturated carbocycles. The third-order valence-corrected chi connectivity index (χ3v) is 4.22. The number of rotatable bonds is 5. The number of benzene rings is 1. The van der Waals surface area contributed by atoms with E-state index in [1.807, 2.05) is 32.2 Å². The summed E-state index contributed by atoms with van der Waals surface area (Å²) in [5, 5.41) is 5.97. The van der Waals surface area contributed by atoms with Crippen molar-refractivity contribution >= 4 is 47.4 Å². The lowest BCUT2D eigenvalue weighted by Crippen LogP contribution is -2.28. The summed E-state index contributed by atoms with van der Waals surface area (Å²) >= 11 is 0. The van der Waals surface area contributed by atoms with Crippen molar-refractivity contribution in [2.24, 2.45) is 5.92 Å². The zero-order valence-electron chi connectivity index (χ0n) is 13.4. The van der Waals surface area contributed by atoms with Crippen molar-refractivity contribution in [3.8, 4) is 0 Å². The second-order valence-electron chi connectivity index (χ2n) is 5.93. The van der Waals surface area contributed by atoms with Gasteiger partial charge in [0.25, 0.3) is 0 Å². The highest BCUT2D eigenvalue weighted by atomic mass is 35.5. The normalized spacial score (nSPS) is 15.2. The summed E-state index contributed by atoms with van der Waals surface area (Å²) in [6, 6.07) is 5.85. The Morgan fingerprint density at radius 2 is 2.13 bits per heavy atom. The number of aromatic nitrogens is 2. The lowest BCUT2D eigenvalue weighted by atomic mass is 9.85. The summed E-state index contributed by atoms with van der Waals surface area (Å²) in [6.45, 7) is 2.58. The van der Waals surface area contributed by atoms with Crippen molar-refractivity contribution in [1.29, 1.82) is 0 Å². The first-order valence-corrected chi connectivity index (χ1v) is 7.62. The summed E-state index contributed by atoms with van der Waals surface area (Å²) in [4.78, 5) is 20.1. The molecule has 128 valence electrons. The number of fused-ring (bicyclic) bond motifs is 1. The molecule has 1 aromatic carbocycles. The van der Waals surface area contributed by atoms with Gasteiger partial charge in [0, 0.05) is 24.1 Å². The van der Waals surface area contributed by atoms with E-state index in [4.69, 9.17) is 0 Å². The maximum absolute atomic E-state index is 12.0. The van der Waals surface area contributed by atoms with Gasteiger partial charge in [0.15, 0.2) is 0 Å². The number of carbonyl (C=O) groups is 1. The first-order chi connectivity index (χ1) is 10.2. The van der Waals surface area contributed by atoms with Gasteiger partial charge in [0.2, 0.25) is 5.91 Å². The van der Waals surface area contributed by atoms with Crippen LogP contribution in [0.5, 0.6) is 0 Å². The summed E-state index contributed by atoms with van der Waals surface area (Å²) < 4.78 is 0. The Bertz CT molecular complexity index is 655. The second kappa shape index (κ2) is 8.52. The average Bonchev–Trinajstić information content (AvgIpc) is 2.79. The molecule has 1 aromatic heterocycles. The minimum absolute atomic E-state index is 0. The number of anilines is 1. The van der Waals surface area contributed by atoms with E-state index in [0.29, 0.717) is 12.5 Å². The molecule has 1 aliphatic carbocycles. The van der Waals surface area contributed by atoms with Crippen molar-refractivity contribution in [3.63, 3.8) is 0 Å². The fraction of sp³-hybridized carbons (Fsp3) is 0.500. The van der Waals surface area contributed by atoms with Crippen LogP contribution >= 0.6 is 24.8 Å². The monoisotopic (exact) mass is 358 g/mol. The molecule has 5 nitrogen and oxygen atoms in total. The highest BCUT2D eigenvalue weighted by Gasteiger charge is 2.22. The highest BCUT2D eigenvalue weighted by molar-refractivity contribution is 5.94. The van der Waals surface area contributed by atoms with Crippen molar-refractivity contribution < 1.29 is 4.79 Å². The number of hydrogen-bond donors (Lipinski definition) is 3. The molecule has 23 heavy (non-hydrogen) atoms. The lowest BCUT2D eigenvalue weighted by molar-refractivity contribution is -0.119. The van der Waals surface area contributed by atoms with Gasteiger partial charge in [-0.2, -0.15) is 0 Å². The number of hydrogen-bond acceptors (Lipinski definition) is 3. The third-order valence-electron chi connectivity index (χ3n) is 4.22. The van der Waals surface area contributed by atoms with Gasteiger partial charge in [-0.15, -0.1) is 24.8 Å². The number of nitrogens with one attached hydrogen (secondary N) is 3. The van der Waals surface area contributed by atoms with E-state index < -0.39 is 0 Å². The summed E-state index contributed by atoms with van der Waals surface area (Å²) in [6.07, 6.45) is 3.75. The van der Waals surface area contributed by atoms with Crippen LogP contribution in [-0.4, -0.2) is 29.5 Å². The first-order valence-electron chi connectivity index (χ1n) is 7.62. The van der Waals surface area contributed by atoms with Gasteiger partial charge < -0.3 is 15.6 Å². The van der Waals surface area contributed by atoms with Crippen LogP contribution < -0.4 is 10.6 Å². The number of nitrogens with zero attached hydrogens (tertiary/aromatic N) is 1. The molecule has 3 rings (SSSR count). The Hall–Kier alpha value is -1.30. The Kier molecular flexibility index (Phi) is 7.32. The highest BCUT2D eigenvalue weighted by Crippen LogP contribution is 2.35. The zero-order valence-corrected chi connectivity index (χ0v) is 15.0. The quantitative estimate of drug-likeness (QED) is 0.766. The van der Waals surface area contributed by atoms with Gasteiger partial charge in [-0.25, -0.2) is 4.98 Å². The predicted octanol–water partition coefficient (Wildman–Crippen LogP) is 3.47. The summed E-state index contributed by atoms with van der Waals surface area (Å²) in [5.74, 6) is 1.65. The molecule has 0 spiro atoms. The molecule has 3 N–H and O–H groups in total. The lowest BCUT2D eigenvalue weighted by Gasteiger charge is -2.22. The van der Waals surface area contributed by atoms with E-state index >= 15 is 0 Å². The third kappa shape index (κ3) is 4.37. The number of halogens is 2. The fourth-order valence-corrected chi connectivity index (χ4v) is 2.65. The van der Waals surface area contributed by atoms with Crippen LogP contribution in [0.1, 0.15) is 37.9 Å². The van der Waals surface area contributed by atoms with Gasteiger partial charge in [-0.3, -0.25) is 4.79 Å². The minimum Gasteiger partial charge on any atom is -0.342 e. The zero-order chi connectivity index (χ0) is 14.8. The van der Waals surface area contributed by atoms with Gasteiger partial charge in [-0.05, 0) is 38.1 Å².